The van der Waals surface area contributed by atoms with Crippen molar-refractivity contribution in [1.82, 2.24) is 0 Å². The highest BCUT2D eigenvalue weighted by Gasteiger charge is 2.08. The minimum absolute atomic E-state index is 0.117. The van der Waals surface area contributed by atoms with Crippen molar-refractivity contribution in [2.24, 2.45) is 0 Å². The Hall–Kier alpha value is -1.38. The third-order valence-electron chi connectivity index (χ3n) is 3.14. The van der Waals surface area contributed by atoms with Gasteiger partial charge in [0.1, 0.15) is 17.2 Å². The topological polar surface area (TPSA) is 44.5 Å². The third-order valence-corrected chi connectivity index (χ3v) is 3.14. The molecule has 0 unspecified atom stereocenters. The molecule has 2 N–H and O–H groups in total. The van der Waals surface area contributed by atoms with Crippen LogP contribution in [0.1, 0.15) is 59.3 Å². The second-order valence-electron chi connectivity index (χ2n) is 5.45. The highest BCUT2D eigenvalue weighted by atomic mass is 16.5. The number of para-hydroxylation sites is 1. The quantitative estimate of drug-likeness (QED) is 0.494. The van der Waals surface area contributed by atoms with Crippen molar-refractivity contribution in [2.45, 2.75) is 65.4 Å². The summed E-state index contributed by atoms with van der Waals surface area (Å²) in [6, 6.07) is 5.71. The number of benzene rings is 1. The minimum atomic E-state index is 0.117. The maximum Gasteiger partial charge on any atom is 0.146 e. The first-order chi connectivity index (χ1) is 9.65. The normalized spacial score (nSPS) is 10.8. The van der Waals surface area contributed by atoms with Crippen molar-refractivity contribution in [3.63, 3.8) is 0 Å². The molecule has 0 aromatic heterocycles. The van der Waals surface area contributed by atoms with Crippen LogP contribution < -0.4 is 15.2 Å². The molecule has 0 spiro atoms. The maximum atomic E-state index is 6.06. The molecule has 3 heteroatoms. The third kappa shape index (κ3) is 6.18. The number of ether oxygens (including phenoxy) is 2. The molecule has 0 saturated carbocycles. The lowest BCUT2D eigenvalue weighted by atomic mass is 10.1. The molecule has 0 aliphatic carbocycles. The summed E-state index contributed by atoms with van der Waals surface area (Å²) in [6.45, 7) is 6.94. The van der Waals surface area contributed by atoms with Crippen LogP contribution >= 0.6 is 0 Å². The van der Waals surface area contributed by atoms with Gasteiger partial charge in [-0.15, -0.1) is 0 Å². The Morgan fingerprint density at radius 3 is 2.35 bits per heavy atom. The summed E-state index contributed by atoms with van der Waals surface area (Å²) >= 11 is 0. The first kappa shape index (κ1) is 16.7. The van der Waals surface area contributed by atoms with Crippen LogP contribution in [0.2, 0.25) is 0 Å². The summed E-state index contributed by atoms with van der Waals surface area (Å²) in [4.78, 5) is 0. The van der Waals surface area contributed by atoms with Crippen LogP contribution in [0.15, 0.2) is 18.2 Å². The fraction of sp³-hybridized carbons (Fsp3) is 0.647. The van der Waals surface area contributed by atoms with Gasteiger partial charge in [0.25, 0.3) is 0 Å². The Balaban J connectivity index is 2.33. The van der Waals surface area contributed by atoms with E-state index >= 15 is 0 Å². The predicted octanol–water partition coefficient (Wildman–Crippen LogP) is 4.80. The average Bonchev–Trinajstić information content (AvgIpc) is 2.41. The van der Waals surface area contributed by atoms with Gasteiger partial charge in [0, 0.05) is 0 Å². The standard InChI is InChI=1S/C17H29NO2/c1-4-5-6-7-8-9-13-19-15-11-10-12-16(17(15)18)20-14(2)3/h10-12,14H,4-9,13,18H2,1-3H3. The Bertz CT molecular complexity index is 377. The molecular weight excluding hydrogens is 250 g/mol. The second-order valence-corrected chi connectivity index (χ2v) is 5.45. The van der Waals surface area contributed by atoms with E-state index in [1.165, 1.54) is 32.1 Å². The Morgan fingerprint density at radius 2 is 1.65 bits per heavy atom. The van der Waals surface area contributed by atoms with Crippen LogP contribution in [0, 0.1) is 0 Å². The van der Waals surface area contributed by atoms with E-state index in [1.807, 2.05) is 32.0 Å². The van der Waals surface area contributed by atoms with Gasteiger partial charge >= 0.3 is 0 Å². The van der Waals surface area contributed by atoms with E-state index < -0.39 is 0 Å². The largest absolute Gasteiger partial charge is 0.491 e. The minimum Gasteiger partial charge on any atom is -0.491 e. The SMILES string of the molecule is CCCCCCCCOc1cccc(OC(C)C)c1N. The van der Waals surface area contributed by atoms with Gasteiger partial charge in [0.2, 0.25) is 0 Å². The molecule has 0 saturated heterocycles. The van der Waals surface area contributed by atoms with Crippen LogP contribution in [-0.4, -0.2) is 12.7 Å². The molecule has 0 aliphatic heterocycles. The summed E-state index contributed by atoms with van der Waals surface area (Å²) in [7, 11) is 0. The lowest BCUT2D eigenvalue weighted by Crippen LogP contribution is -2.08. The number of hydrogen-bond acceptors (Lipinski definition) is 3. The maximum absolute atomic E-state index is 6.06. The van der Waals surface area contributed by atoms with Crippen LogP contribution in [-0.2, 0) is 0 Å². The van der Waals surface area contributed by atoms with E-state index in [4.69, 9.17) is 15.2 Å². The second kappa shape index (κ2) is 9.51. The van der Waals surface area contributed by atoms with Crippen molar-refractivity contribution >= 4 is 5.69 Å². The monoisotopic (exact) mass is 279 g/mol. The molecule has 3 nitrogen and oxygen atoms in total. The smallest absolute Gasteiger partial charge is 0.146 e. The highest BCUT2D eigenvalue weighted by molar-refractivity contribution is 5.62. The van der Waals surface area contributed by atoms with Gasteiger partial charge < -0.3 is 15.2 Å². The van der Waals surface area contributed by atoms with Gasteiger partial charge in [0.05, 0.1) is 12.7 Å². The summed E-state index contributed by atoms with van der Waals surface area (Å²) in [5, 5.41) is 0. The van der Waals surface area contributed by atoms with Crippen molar-refractivity contribution in [3.05, 3.63) is 18.2 Å². The fourth-order valence-corrected chi connectivity index (χ4v) is 2.07. The van der Waals surface area contributed by atoms with Crippen molar-refractivity contribution in [3.8, 4) is 11.5 Å². The molecule has 0 aliphatic rings. The van der Waals surface area contributed by atoms with E-state index in [0.717, 1.165) is 18.8 Å². The van der Waals surface area contributed by atoms with Gasteiger partial charge in [-0.25, -0.2) is 0 Å². The molecule has 1 rings (SSSR count). The van der Waals surface area contributed by atoms with Gasteiger partial charge in [-0.05, 0) is 32.4 Å². The number of hydrogen-bond donors (Lipinski definition) is 1. The molecule has 0 heterocycles. The molecule has 1 aromatic carbocycles. The molecule has 0 amide bonds. The number of rotatable bonds is 10. The molecule has 0 radical (unpaired) electrons. The molecule has 0 fully saturated rings. The highest BCUT2D eigenvalue weighted by Crippen LogP contribution is 2.32. The van der Waals surface area contributed by atoms with Crippen LogP contribution in [0.4, 0.5) is 5.69 Å². The molecular formula is C17H29NO2. The summed E-state index contributed by atoms with van der Waals surface area (Å²) < 4.78 is 11.4. The zero-order valence-corrected chi connectivity index (χ0v) is 13.2. The number of nitrogen functional groups attached to an aromatic ring is 1. The van der Waals surface area contributed by atoms with Crippen molar-refractivity contribution < 1.29 is 9.47 Å². The average molecular weight is 279 g/mol. The summed E-state index contributed by atoms with van der Waals surface area (Å²) in [5.74, 6) is 1.44. The first-order valence-electron chi connectivity index (χ1n) is 7.83. The van der Waals surface area contributed by atoms with Crippen molar-refractivity contribution in [2.75, 3.05) is 12.3 Å². The molecule has 0 bridgehead atoms. The van der Waals surface area contributed by atoms with Gasteiger partial charge in [0.15, 0.2) is 0 Å². The van der Waals surface area contributed by atoms with Crippen molar-refractivity contribution in [1.29, 1.82) is 0 Å². The summed E-state index contributed by atoms with van der Waals surface area (Å²) in [6.07, 6.45) is 7.67. The number of nitrogens with two attached hydrogens (primary N) is 1. The molecule has 114 valence electrons. The van der Waals surface area contributed by atoms with E-state index in [0.29, 0.717) is 11.4 Å². The molecule has 1 aromatic rings. The molecule has 0 atom stereocenters. The van der Waals surface area contributed by atoms with E-state index in [1.54, 1.807) is 0 Å². The van der Waals surface area contributed by atoms with Crippen LogP contribution in [0.25, 0.3) is 0 Å². The zero-order chi connectivity index (χ0) is 14.8. The zero-order valence-electron chi connectivity index (χ0n) is 13.2. The lowest BCUT2D eigenvalue weighted by Gasteiger charge is -2.15. The van der Waals surface area contributed by atoms with E-state index in [-0.39, 0.29) is 6.10 Å². The van der Waals surface area contributed by atoms with Crippen LogP contribution in [0.5, 0.6) is 11.5 Å². The molecule has 20 heavy (non-hydrogen) atoms. The number of anilines is 1. The fourth-order valence-electron chi connectivity index (χ4n) is 2.07. The van der Waals surface area contributed by atoms with Gasteiger partial charge in [-0.2, -0.15) is 0 Å². The lowest BCUT2D eigenvalue weighted by molar-refractivity contribution is 0.241. The van der Waals surface area contributed by atoms with Gasteiger partial charge in [-0.3, -0.25) is 0 Å². The Labute approximate surface area is 123 Å². The summed E-state index contributed by atoms with van der Waals surface area (Å²) in [5.41, 5.74) is 6.67. The first-order valence-corrected chi connectivity index (χ1v) is 7.83. The van der Waals surface area contributed by atoms with E-state index in [9.17, 15) is 0 Å². The number of unbranched alkanes of at least 4 members (excludes halogenated alkanes) is 5. The van der Waals surface area contributed by atoms with Crippen LogP contribution in [0.3, 0.4) is 0 Å². The Morgan fingerprint density at radius 1 is 1.00 bits per heavy atom. The Kier molecular flexibility index (Phi) is 7.93. The van der Waals surface area contributed by atoms with Gasteiger partial charge in [-0.1, -0.05) is 45.1 Å². The predicted molar refractivity (Wildman–Crippen MR) is 85.5 cm³/mol. The van der Waals surface area contributed by atoms with E-state index in [2.05, 4.69) is 6.92 Å².